The van der Waals surface area contributed by atoms with E-state index < -0.39 is 0 Å². The Morgan fingerprint density at radius 1 is 1.15 bits per heavy atom. The zero-order chi connectivity index (χ0) is 17.5. The van der Waals surface area contributed by atoms with E-state index in [1.165, 1.54) is 69.3 Å². The van der Waals surface area contributed by atoms with Crippen molar-refractivity contribution in [1.29, 1.82) is 0 Å². The van der Waals surface area contributed by atoms with E-state index in [1.54, 1.807) is 11.3 Å². The first-order valence-electron chi connectivity index (χ1n) is 9.82. The quantitative estimate of drug-likeness (QED) is 0.373. The lowest BCUT2D eigenvalue weighted by atomic mass is 9.79. The molecule has 2 N–H and O–H groups in total. The Bertz CT molecular complexity index is 562. The highest BCUT2D eigenvalue weighted by Gasteiger charge is 2.38. The van der Waals surface area contributed by atoms with Crippen LogP contribution in [0.4, 0.5) is 0 Å². The van der Waals surface area contributed by atoms with E-state index in [2.05, 4.69) is 32.4 Å². The Morgan fingerprint density at radius 3 is 2.46 bits per heavy atom. The number of rotatable bonds is 5. The molecule has 0 unspecified atom stereocenters. The van der Waals surface area contributed by atoms with E-state index >= 15 is 0 Å². The summed E-state index contributed by atoms with van der Waals surface area (Å²) in [6, 6.07) is 0. The minimum atomic E-state index is 0. The maximum Gasteiger partial charge on any atom is 0.191 e. The van der Waals surface area contributed by atoms with Crippen LogP contribution in [0.5, 0.6) is 0 Å². The number of guanidine groups is 1. The van der Waals surface area contributed by atoms with Crippen molar-refractivity contribution >= 4 is 41.3 Å². The third-order valence-electron chi connectivity index (χ3n) is 5.88. The average Bonchev–Trinajstić information content (AvgIpc) is 3.08. The van der Waals surface area contributed by atoms with Crippen molar-refractivity contribution in [2.24, 2.45) is 4.99 Å². The van der Waals surface area contributed by atoms with E-state index in [0.29, 0.717) is 5.54 Å². The minimum Gasteiger partial charge on any atom is -0.355 e. The van der Waals surface area contributed by atoms with Gasteiger partial charge in [-0.1, -0.05) is 25.7 Å². The second kappa shape index (κ2) is 10.8. The fourth-order valence-corrected chi connectivity index (χ4v) is 5.03. The van der Waals surface area contributed by atoms with Crippen molar-refractivity contribution in [3.8, 4) is 0 Å². The van der Waals surface area contributed by atoms with Crippen LogP contribution in [0.25, 0.3) is 0 Å². The molecule has 148 valence electrons. The Kier molecular flexibility index (Phi) is 9.09. The maximum absolute atomic E-state index is 4.44. The number of halogens is 1. The van der Waals surface area contributed by atoms with Gasteiger partial charge in [0.1, 0.15) is 0 Å². The molecule has 2 aliphatic rings. The highest BCUT2D eigenvalue weighted by atomic mass is 127. The molecule has 3 rings (SSSR count). The molecule has 1 aromatic rings. The number of nitrogens with zero attached hydrogens (tertiary/aromatic N) is 3. The highest BCUT2D eigenvalue weighted by Crippen LogP contribution is 2.35. The van der Waals surface area contributed by atoms with Crippen molar-refractivity contribution in [1.82, 2.24) is 20.5 Å². The number of piperidine rings is 1. The monoisotopic (exact) mass is 491 g/mol. The standard InChI is InChI=1S/C19H33N5S.HI/c1-16-17(25-15-23-16)13-21-18(20-2)22-14-19(9-5-3-6-10-19)24-11-7-4-8-12-24;/h15H,3-14H2,1-2H3,(H2,20,21,22);1H. The molecule has 2 heterocycles. The van der Waals surface area contributed by atoms with Gasteiger partial charge < -0.3 is 10.6 Å². The zero-order valence-corrected chi connectivity index (χ0v) is 19.4. The average molecular weight is 491 g/mol. The third-order valence-corrected chi connectivity index (χ3v) is 6.82. The molecule has 0 spiro atoms. The summed E-state index contributed by atoms with van der Waals surface area (Å²) < 4.78 is 0. The molecule has 0 atom stereocenters. The first-order valence-corrected chi connectivity index (χ1v) is 10.7. The molecular weight excluding hydrogens is 457 g/mol. The summed E-state index contributed by atoms with van der Waals surface area (Å²) in [7, 11) is 1.86. The van der Waals surface area contributed by atoms with Crippen LogP contribution < -0.4 is 10.6 Å². The van der Waals surface area contributed by atoms with Crippen molar-refractivity contribution in [2.75, 3.05) is 26.7 Å². The van der Waals surface area contributed by atoms with Crippen LogP contribution in [0.2, 0.25) is 0 Å². The molecule has 2 fully saturated rings. The molecule has 1 saturated heterocycles. The molecular formula is C19H34IN5S. The van der Waals surface area contributed by atoms with Crippen LogP contribution in [-0.4, -0.2) is 48.1 Å². The lowest BCUT2D eigenvalue weighted by molar-refractivity contribution is 0.0368. The number of aliphatic imine (C=N–C) groups is 1. The van der Waals surface area contributed by atoms with Crippen LogP contribution in [-0.2, 0) is 6.54 Å². The second-order valence-corrected chi connectivity index (χ2v) is 8.41. The molecule has 1 saturated carbocycles. The Balaban J connectivity index is 0.00000243. The molecule has 26 heavy (non-hydrogen) atoms. The van der Waals surface area contributed by atoms with Gasteiger partial charge in [-0.25, -0.2) is 4.98 Å². The van der Waals surface area contributed by atoms with Crippen LogP contribution in [0.1, 0.15) is 61.9 Å². The van der Waals surface area contributed by atoms with Gasteiger partial charge in [0.15, 0.2) is 5.96 Å². The predicted octanol–water partition coefficient (Wildman–Crippen LogP) is 3.92. The molecule has 7 heteroatoms. The van der Waals surface area contributed by atoms with Gasteiger partial charge in [-0.3, -0.25) is 9.89 Å². The maximum atomic E-state index is 4.44. The largest absolute Gasteiger partial charge is 0.355 e. The molecule has 0 bridgehead atoms. The predicted molar refractivity (Wildman–Crippen MR) is 122 cm³/mol. The van der Waals surface area contributed by atoms with Crippen LogP contribution >= 0.6 is 35.3 Å². The summed E-state index contributed by atoms with van der Waals surface area (Å²) in [5.41, 5.74) is 3.36. The Hall–Kier alpha value is -0.410. The van der Waals surface area contributed by atoms with Gasteiger partial charge in [0.05, 0.1) is 17.7 Å². The van der Waals surface area contributed by atoms with Gasteiger partial charge >= 0.3 is 0 Å². The van der Waals surface area contributed by atoms with Crippen molar-refractivity contribution in [2.45, 2.75) is 70.4 Å². The molecule has 1 aliphatic carbocycles. The first kappa shape index (κ1) is 21.9. The topological polar surface area (TPSA) is 52.6 Å². The van der Waals surface area contributed by atoms with Crippen LogP contribution in [0.15, 0.2) is 10.5 Å². The molecule has 5 nitrogen and oxygen atoms in total. The van der Waals surface area contributed by atoms with E-state index in [1.807, 2.05) is 12.6 Å². The Morgan fingerprint density at radius 2 is 1.85 bits per heavy atom. The third kappa shape index (κ3) is 5.55. The number of hydrogen-bond donors (Lipinski definition) is 2. The lowest BCUT2D eigenvalue weighted by Crippen LogP contribution is -2.59. The summed E-state index contributed by atoms with van der Waals surface area (Å²) in [5, 5.41) is 7.10. The fourth-order valence-electron chi connectivity index (χ4n) is 4.31. The van der Waals surface area contributed by atoms with Gasteiger partial charge in [-0.15, -0.1) is 35.3 Å². The van der Waals surface area contributed by atoms with Gasteiger partial charge in [0.25, 0.3) is 0 Å². The molecule has 1 aliphatic heterocycles. The van der Waals surface area contributed by atoms with Crippen molar-refractivity contribution < 1.29 is 0 Å². The van der Waals surface area contributed by atoms with Gasteiger partial charge in [0, 0.05) is 24.0 Å². The van der Waals surface area contributed by atoms with Gasteiger partial charge in [0.2, 0.25) is 0 Å². The summed E-state index contributed by atoms with van der Waals surface area (Å²) in [4.78, 5) is 12.8. The zero-order valence-electron chi connectivity index (χ0n) is 16.2. The first-order chi connectivity index (χ1) is 12.2. The summed E-state index contributed by atoms with van der Waals surface area (Å²) in [6.07, 6.45) is 10.9. The number of aryl methyl sites for hydroxylation is 1. The fraction of sp³-hybridized carbons (Fsp3) is 0.789. The summed E-state index contributed by atoms with van der Waals surface area (Å²) >= 11 is 1.71. The van der Waals surface area contributed by atoms with E-state index in [-0.39, 0.29) is 24.0 Å². The normalized spacial score (nSPS) is 21.1. The number of aromatic nitrogens is 1. The molecule has 0 radical (unpaired) electrons. The number of nitrogens with one attached hydrogen (secondary N) is 2. The SMILES string of the molecule is CN=C(NCc1scnc1C)NCC1(N2CCCCC2)CCCCC1.I. The second-order valence-electron chi connectivity index (χ2n) is 7.47. The van der Waals surface area contributed by atoms with E-state index in [4.69, 9.17) is 0 Å². The van der Waals surface area contributed by atoms with Crippen molar-refractivity contribution in [3.63, 3.8) is 0 Å². The van der Waals surface area contributed by atoms with Gasteiger partial charge in [-0.2, -0.15) is 0 Å². The number of hydrogen-bond acceptors (Lipinski definition) is 4. The smallest absolute Gasteiger partial charge is 0.191 e. The number of likely N-dealkylation sites (tertiary alicyclic amines) is 1. The van der Waals surface area contributed by atoms with E-state index in [9.17, 15) is 0 Å². The van der Waals surface area contributed by atoms with Crippen LogP contribution in [0, 0.1) is 6.92 Å². The number of thiazole rings is 1. The van der Waals surface area contributed by atoms with Crippen LogP contribution in [0.3, 0.4) is 0 Å². The minimum absolute atomic E-state index is 0. The molecule has 1 aromatic heterocycles. The molecule has 0 amide bonds. The Labute approximate surface area is 179 Å². The summed E-state index contributed by atoms with van der Waals surface area (Å²) in [5.74, 6) is 0.912. The van der Waals surface area contributed by atoms with Crippen molar-refractivity contribution in [3.05, 3.63) is 16.1 Å². The summed E-state index contributed by atoms with van der Waals surface area (Å²) in [6.45, 7) is 6.42. The lowest BCUT2D eigenvalue weighted by Gasteiger charge is -2.48. The van der Waals surface area contributed by atoms with E-state index in [0.717, 1.165) is 24.7 Å². The molecule has 0 aromatic carbocycles. The highest BCUT2D eigenvalue weighted by molar-refractivity contribution is 14.0. The van der Waals surface area contributed by atoms with Gasteiger partial charge in [-0.05, 0) is 45.7 Å².